The van der Waals surface area contributed by atoms with Crippen LogP contribution < -0.4 is 5.32 Å². The van der Waals surface area contributed by atoms with E-state index in [0.29, 0.717) is 29.4 Å². The van der Waals surface area contributed by atoms with Gasteiger partial charge in [-0.3, -0.25) is 0 Å². The quantitative estimate of drug-likeness (QED) is 0.888. The normalized spacial score (nSPS) is 13.9. The highest BCUT2D eigenvalue weighted by Gasteiger charge is 2.15. The van der Waals surface area contributed by atoms with Crippen LogP contribution in [0.1, 0.15) is 24.0 Å². The first-order valence-corrected chi connectivity index (χ1v) is 7.87. The molecule has 2 aromatic rings. The summed E-state index contributed by atoms with van der Waals surface area (Å²) in [6.45, 7) is 0.494. The Bertz CT molecular complexity index is 824. The number of hydrogen-bond donors (Lipinski definition) is 1. The third kappa shape index (κ3) is 3.92. The van der Waals surface area contributed by atoms with Gasteiger partial charge in [0, 0.05) is 12.1 Å². The summed E-state index contributed by atoms with van der Waals surface area (Å²) in [5.41, 5.74) is 2.38. The van der Waals surface area contributed by atoms with Crippen molar-refractivity contribution in [3.8, 4) is 6.07 Å². The summed E-state index contributed by atoms with van der Waals surface area (Å²) >= 11 is 6.32. The molecule has 0 atom stereocenters. The summed E-state index contributed by atoms with van der Waals surface area (Å²) in [6.07, 6.45) is 6.12. The molecule has 0 unspecified atom stereocenters. The van der Waals surface area contributed by atoms with Crippen molar-refractivity contribution < 1.29 is 4.74 Å². The summed E-state index contributed by atoms with van der Waals surface area (Å²) in [4.78, 5) is 7.93. The van der Waals surface area contributed by atoms with Crippen molar-refractivity contribution in [3.63, 3.8) is 0 Å². The van der Waals surface area contributed by atoms with Gasteiger partial charge in [0.15, 0.2) is 5.82 Å². The van der Waals surface area contributed by atoms with Crippen LogP contribution in [0.3, 0.4) is 0 Å². The van der Waals surface area contributed by atoms with E-state index in [-0.39, 0.29) is 0 Å². The molecule has 1 N–H and O–H groups in total. The van der Waals surface area contributed by atoms with Crippen LogP contribution in [0.4, 0.5) is 5.82 Å². The van der Waals surface area contributed by atoms with Crippen LogP contribution >= 0.6 is 11.6 Å². The molecule has 6 heteroatoms. The number of aromatic nitrogens is 2. The number of nitrogens with zero attached hydrogens (tertiary/aromatic N) is 3. The zero-order valence-corrected chi connectivity index (χ0v) is 13.6. The highest BCUT2D eigenvalue weighted by molar-refractivity contribution is 6.31. The number of anilines is 1. The summed E-state index contributed by atoms with van der Waals surface area (Å²) in [7, 11) is 0. The van der Waals surface area contributed by atoms with Gasteiger partial charge in [-0.05, 0) is 18.1 Å². The Morgan fingerprint density at radius 2 is 2.08 bits per heavy atom. The molecule has 120 valence electrons. The molecule has 5 nitrogen and oxygen atoms in total. The number of rotatable bonds is 5. The van der Waals surface area contributed by atoms with Crippen molar-refractivity contribution in [2.45, 2.75) is 19.4 Å². The number of benzene rings is 1. The van der Waals surface area contributed by atoms with Crippen molar-refractivity contribution in [1.29, 1.82) is 5.26 Å². The molecule has 1 aliphatic rings. The average Bonchev–Trinajstić information content (AvgIpc) is 2.62. The van der Waals surface area contributed by atoms with Crippen LogP contribution in [0.2, 0.25) is 0 Å². The van der Waals surface area contributed by atoms with Gasteiger partial charge in [-0.25, -0.2) is 9.97 Å². The van der Waals surface area contributed by atoms with E-state index < -0.39 is 0 Å². The summed E-state index contributed by atoms with van der Waals surface area (Å²) in [6, 6.07) is 12.0. The molecule has 0 spiro atoms. The minimum absolute atomic E-state index is 0.393. The maximum Gasteiger partial charge on any atom is 0.151 e. The molecule has 3 rings (SSSR count). The first kappa shape index (κ1) is 16.0. The van der Waals surface area contributed by atoms with Gasteiger partial charge < -0.3 is 10.1 Å². The Morgan fingerprint density at radius 1 is 1.25 bits per heavy atom. The number of allylic oxidation sites excluding steroid dienone is 4. The van der Waals surface area contributed by atoms with E-state index in [1.807, 2.05) is 36.4 Å². The predicted molar refractivity (Wildman–Crippen MR) is 91.8 cm³/mol. The minimum atomic E-state index is 0.393. The van der Waals surface area contributed by atoms with E-state index in [4.69, 9.17) is 21.6 Å². The lowest BCUT2D eigenvalue weighted by molar-refractivity contribution is 0.187. The van der Waals surface area contributed by atoms with E-state index in [9.17, 15) is 0 Å². The van der Waals surface area contributed by atoms with Gasteiger partial charge in [0.2, 0.25) is 0 Å². The molecule has 0 saturated heterocycles. The molecule has 0 fully saturated rings. The van der Waals surface area contributed by atoms with E-state index in [1.54, 1.807) is 0 Å². The lowest BCUT2D eigenvalue weighted by Crippen LogP contribution is -2.09. The maximum atomic E-state index is 9.08. The highest BCUT2D eigenvalue weighted by Crippen LogP contribution is 2.29. The smallest absolute Gasteiger partial charge is 0.151 e. The van der Waals surface area contributed by atoms with Crippen molar-refractivity contribution in [1.82, 2.24) is 9.97 Å². The van der Waals surface area contributed by atoms with Gasteiger partial charge in [0.1, 0.15) is 30.3 Å². The van der Waals surface area contributed by atoms with Gasteiger partial charge in [-0.15, -0.1) is 0 Å². The van der Waals surface area contributed by atoms with Crippen LogP contribution in [0.5, 0.6) is 0 Å². The van der Waals surface area contributed by atoms with E-state index in [2.05, 4.69) is 21.4 Å². The second-order valence-corrected chi connectivity index (χ2v) is 5.64. The van der Waals surface area contributed by atoms with E-state index in [0.717, 1.165) is 23.4 Å². The fourth-order valence-corrected chi connectivity index (χ4v) is 2.60. The first-order chi connectivity index (χ1) is 11.8. The Labute approximate surface area is 145 Å². The topological polar surface area (TPSA) is 70.8 Å². The Kier molecular flexibility index (Phi) is 5.09. The predicted octanol–water partition coefficient (Wildman–Crippen LogP) is 4.11. The third-order valence-electron chi connectivity index (χ3n) is 3.56. The monoisotopic (exact) mass is 338 g/mol. The van der Waals surface area contributed by atoms with E-state index >= 15 is 0 Å². The van der Waals surface area contributed by atoms with Crippen molar-refractivity contribution >= 4 is 17.4 Å². The lowest BCUT2D eigenvalue weighted by Gasteiger charge is -2.19. The van der Waals surface area contributed by atoms with Crippen molar-refractivity contribution in [3.05, 3.63) is 76.5 Å². The largest absolute Gasteiger partial charge is 0.492 e. The minimum Gasteiger partial charge on any atom is -0.492 e. The second kappa shape index (κ2) is 7.62. The third-order valence-corrected chi connectivity index (χ3v) is 3.88. The van der Waals surface area contributed by atoms with Gasteiger partial charge in [-0.2, -0.15) is 5.26 Å². The number of ether oxygens (including phenoxy) is 1. The van der Waals surface area contributed by atoms with Gasteiger partial charge in [0.25, 0.3) is 0 Å². The summed E-state index contributed by atoms with van der Waals surface area (Å²) in [5.74, 6) is 1.26. The standard InChI is InChI=1S/C18H15ClN4O/c19-16-8-15(23-18-14(9-20)10-21-12-22-18)6-7-17(16)24-11-13-4-2-1-3-5-13/h1-5,8,10,12H,6-7,11H2,(H,21,22,23). The zero-order chi connectivity index (χ0) is 16.8. The van der Waals surface area contributed by atoms with Gasteiger partial charge >= 0.3 is 0 Å². The number of hydrogen-bond acceptors (Lipinski definition) is 5. The molecule has 0 saturated carbocycles. The molecule has 1 aliphatic carbocycles. The van der Waals surface area contributed by atoms with E-state index in [1.165, 1.54) is 12.5 Å². The van der Waals surface area contributed by atoms with Crippen LogP contribution in [0.15, 0.2) is 65.4 Å². The van der Waals surface area contributed by atoms with Crippen molar-refractivity contribution in [2.24, 2.45) is 0 Å². The molecule has 1 aromatic carbocycles. The number of nitriles is 1. The van der Waals surface area contributed by atoms with Crippen LogP contribution in [-0.4, -0.2) is 9.97 Å². The fourth-order valence-electron chi connectivity index (χ4n) is 2.32. The number of halogens is 1. The molecule has 1 aromatic heterocycles. The molecule has 24 heavy (non-hydrogen) atoms. The van der Waals surface area contributed by atoms with Crippen molar-refractivity contribution in [2.75, 3.05) is 5.32 Å². The SMILES string of the molecule is N#Cc1cncnc1NC1=CC(Cl)=C(OCc2ccccc2)CC1. The fraction of sp³-hybridized carbons (Fsp3) is 0.167. The molecular formula is C18H15ClN4O. The summed E-state index contributed by atoms with van der Waals surface area (Å²) < 4.78 is 5.82. The molecule has 1 heterocycles. The summed E-state index contributed by atoms with van der Waals surface area (Å²) in [5, 5.41) is 12.8. The van der Waals surface area contributed by atoms with Gasteiger partial charge in [-0.1, -0.05) is 41.9 Å². The van der Waals surface area contributed by atoms with Crippen LogP contribution in [0.25, 0.3) is 0 Å². The molecule has 0 bridgehead atoms. The highest BCUT2D eigenvalue weighted by atomic mass is 35.5. The van der Waals surface area contributed by atoms with Crippen LogP contribution in [0, 0.1) is 11.3 Å². The zero-order valence-electron chi connectivity index (χ0n) is 12.9. The molecule has 0 amide bonds. The maximum absolute atomic E-state index is 9.08. The Hall–Kier alpha value is -2.84. The Morgan fingerprint density at radius 3 is 2.83 bits per heavy atom. The molecule has 0 radical (unpaired) electrons. The molecular weight excluding hydrogens is 324 g/mol. The Balaban J connectivity index is 1.68. The lowest BCUT2D eigenvalue weighted by atomic mass is 10.1. The van der Waals surface area contributed by atoms with Gasteiger partial charge in [0.05, 0.1) is 11.2 Å². The molecule has 0 aliphatic heterocycles. The first-order valence-electron chi connectivity index (χ1n) is 7.49. The number of nitrogens with one attached hydrogen (secondary N) is 1. The second-order valence-electron chi connectivity index (χ2n) is 5.24. The van der Waals surface area contributed by atoms with Crippen LogP contribution in [-0.2, 0) is 11.3 Å². The average molecular weight is 339 g/mol.